The van der Waals surface area contributed by atoms with E-state index in [1.165, 1.54) is 0 Å². The van der Waals surface area contributed by atoms with Crippen molar-refractivity contribution in [2.75, 3.05) is 48.6 Å². The Morgan fingerprint density at radius 2 is 1.00 bits per heavy atom. The molecule has 6 heteroatoms. The molecule has 0 atom stereocenters. The lowest BCUT2D eigenvalue weighted by Gasteiger charge is -2.14. The topological polar surface area (TPSA) is 56.3 Å². The molecule has 26 heavy (non-hydrogen) atoms. The summed E-state index contributed by atoms with van der Waals surface area (Å²) in [5, 5.41) is 6.61. The minimum absolute atomic E-state index is 0.741. The van der Waals surface area contributed by atoms with Gasteiger partial charge in [0.25, 0.3) is 0 Å². The van der Waals surface area contributed by atoms with Crippen LogP contribution in [-0.4, -0.2) is 38.2 Å². The first-order valence-electron chi connectivity index (χ1n) is 8.42. The van der Waals surface area contributed by atoms with Crippen LogP contribution in [0.3, 0.4) is 0 Å². The predicted octanol–water partition coefficient (Wildman–Crippen LogP) is 4.10. The van der Waals surface area contributed by atoms with E-state index in [1.807, 2.05) is 58.5 Å². The Morgan fingerprint density at radius 1 is 0.615 bits per heavy atom. The fourth-order valence-electron chi connectivity index (χ4n) is 2.48. The lowest BCUT2D eigenvalue weighted by atomic mass is 10.2. The van der Waals surface area contributed by atoms with E-state index in [9.17, 15) is 0 Å². The summed E-state index contributed by atoms with van der Waals surface area (Å²) in [5.74, 6) is 1.48. The summed E-state index contributed by atoms with van der Waals surface area (Å²) in [6.07, 6.45) is 1.55. The van der Waals surface area contributed by atoms with E-state index in [0.29, 0.717) is 0 Å². The zero-order chi connectivity index (χ0) is 18.5. The van der Waals surface area contributed by atoms with Crippen molar-refractivity contribution in [2.24, 2.45) is 0 Å². The highest BCUT2D eigenvalue weighted by Gasteiger charge is 2.02. The maximum absolute atomic E-state index is 4.29. The van der Waals surface area contributed by atoms with Crippen molar-refractivity contribution in [3.05, 3.63) is 60.9 Å². The average Bonchev–Trinajstić information content (AvgIpc) is 2.63. The molecule has 2 N–H and O–H groups in total. The van der Waals surface area contributed by atoms with E-state index < -0.39 is 0 Å². The standard InChI is InChI=1S/C20H24N6/c1-25(2)17-9-5-15(6-10-17)23-19-13-20(22-14-21-19)24-16-7-11-18(12-8-16)26(3)4/h5-14H,1-4H3,(H2,21,22,23,24). The maximum Gasteiger partial charge on any atom is 0.135 e. The zero-order valence-corrected chi connectivity index (χ0v) is 15.6. The summed E-state index contributed by atoms with van der Waals surface area (Å²) in [7, 11) is 8.09. The third-order valence-corrected chi connectivity index (χ3v) is 3.98. The van der Waals surface area contributed by atoms with Crippen molar-refractivity contribution in [1.82, 2.24) is 9.97 Å². The molecule has 2 aromatic carbocycles. The Labute approximate surface area is 154 Å². The lowest BCUT2D eigenvalue weighted by Crippen LogP contribution is -2.08. The van der Waals surface area contributed by atoms with Crippen molar-refractivity contribution in [2.45, 2.75) is 0 Å². The molecule has 0 aliphatic rings. The van der Waals surface area contributed by atoms with Crippen molar-refractivity contribution >= 4 is 34.4 Å². The predicted molar refractivity (Wildman–Crippen MR) is 110 cm³/mol. The van der Waals surface area contributed by atoms with E-state index in [2.05, 4.69) is 54.7 Å². The summed E-state index contributed by atoms with van der Waals surface area (Å²) in [6, 6.07) is 18.3. The third-order valence-electron chi connectivity index (χ3n) is 3.98. The van der Waals surface area contributed by atoms with Gasteiger partial charge >= 0.3 is 0 Å². The van der Waals surface area contributed by atoms with Crippen LogP contribution in [0.5, 0.6) is 0 Å². The van der Waals surface area contributed by atoms with Gasteiger partial charge in [0.15, 0.2) is 0 Å². The first-order chi connectivity index (χ1) is 12.5. The SMILES string of the molecule is CN(C)c1ccc(Nc2cc(Nc3ccc(N(C)C)cc3)ncn2)cc1. The maximum atomic E-state index is 4.29. The summed E-state index contributed by atoms with van der Waals surface area (Å²) >= 11 is 0. The molecule has 0 fully saturated rings. The smallest absolute Gasteiger partial charge is 0.135 e. The summed E-state index contributed by atoms with van der Waals surface area (Å²) in [5.41, 5.74) is 4.27. The molecule has 0 unspecified atom stereocenters. The van der Waals surface area contributed by atoms with Crippen molar-refractivity contribution in [3.63, 3.8) is 0 Å². The molecule has 3 aromatic rings. The van der Waals surface area contributed by atoms with Crippen molar-refractivity contribution in [3.8, 4) is 0 Å². The molecule has 134 valence electrons. The van der Waals surface area contributed by atoms with Gasteiger partial charge in [0, 0.05) is 57.0 Å². The van der Waals surface area contributed by atoms with Gasteiger partial charge in [-0.1, -0.05) is 0 Å². The Hall–Kier alpha value is -3.28. The van der Waals surface area contributed by atoms with Gasteiger partial charge in [0.1, 0.15) is 18.0 Å². The van der Waals surface area contributed by atoms with Gasteiger partial charge in [-0.3, -0.25) is 0 Å². The fraction of sp³-hybridized carbons (Fsp3) is 0.200. The van der Waals surface area contributed by atoms with Crippen LogP contribution in [0, 0.1) is 0 Å². The molecule has 1 heterocycles. The second kappa shape index (κ2) is 7.74. The largest absolute Gasteiger partial charge is 0.378 e. The third kappa shape index (κ3) is 4.42. The molecule has 6 nitrogen and oxygen atoms in total. The van der Waals surface area contributed by atoms with Crippen LogP contribution < -0.4 is 20.4 Å². The zero-order valence-electron chi connectivity index (χ0n) is 15.6. The number of hydrogen-bond donors (Lipinski definition) is 2. The van der Waals surface area contributed by atoms with Crippen LogP contribution in [-0.2, 0) is 0 Å². The average molecular weight is 348 g/mol. The van der Waals surface area contributed by atoms with E-state index in [0.717, 1.165) is 34.4 Å². The molecule has 0 amide bonds. The number of anilines is 6. The van der Waals surface area contributed by atoms with Crippen LogP contribution in [0.1, 0.15) is 0 Å². The molecule has 0 spiro atoms. The molecule has 0 aliphatic carbocycles. The van der Waals surface area contributed by atoms with Crippen LogP contribution in [0.15, 0.2) is 60.9 Å². The monoisotopic (exact) mass is 348 g/mol. The van der Waals surface area contributed by atoms with Crippen LogP contribution in [0.2, 0.25) is 0 Å². The molecule has 0 saturated carbocycles. The minimum Gasteiger partial charge on any atom is -0.378 e. The van der Waals surface area contributed by atoms with Gasteiger partial charge in [0.2, 0.25) is 0 Å². The van der Waals surface area contributed by atoms with Gasteiger partial charge < -0.3 is 20.4 Å². The quantitative estimate of drug-likeness (QED) is 0.700. The van der Waals surface area contributed by atoms with Gasteiger partial charge in [-0.25, -0.2) is 9.97 Å². The van der Waals surface area contributed by atoms with Crippen molar-refractivity contribution in [1.29, 1.82) is 0 Å². The number of nitrogens with one attached hydrogen (secondary N) is 2. The summed E-state index contributed by atoms with van der Waals surface area (Å²) in [6.45, 7) is 0. The van der Waals surface area contributed by atoms with E-state index in [4.69, 9.17) is 0 Å². The summed E-state index contributed by atoms with van der Waals surface area (Å²) < 4.78 is 0. The van der Waals surface area contributed by atoms with Gasteiger partial charge in [-0.05, 0) is 48.5 Å². The van der Waals surface area contributed by atoms with Crippen LogP contribution >= 0.6 is 0 Å². The Balaban J connectivity index is 1.69. The van der Waals surface area contributed by atoms with E-state index in [-0.39, 0.29) is 0 Å². The fourth-order valence-corrected chi connectivity index (χ4v) is 2.48. The summed E-state index contributed by atoms with van der Waals surface area (Å²) in [4.78, 5) is 12.7. The number of hydrogen-bond acceptors (Lipinski definition) is 6. The highest BCUT2D eigenvalue weighted by atomic mass is 15.1. The molecular weight excluding hydrogens is 324 g/mol. The molecular formula is C20H24N6. The van der Waals surface area contributed by atoms with E-state index >= 15 is 0 Å². The Kier molecular flexibility index (Phi) is 5.22. The number of benzene rings is 2. The molecule has 0 aliphatic heterocycles. The Bertz CT molecular complexity index is 772. The molecule has 0 radical (unpaired) electrons. The number of aromatic nitrogens is 2. The molecule has 0 saturated heterocycles. The van der Waals surface area contributed by atoms with Crippen LogP contribution in [0.4, 0.5) is 34.4 Å². The first-order valence-corrected chi connectivity index (χ1v) is 8.42. The second-order valence-electron chi connectivity index (χ2n) is 6.42. The second-order valence-corrected chi connectivity index (χ2v) is 6.42. The minimum atomic E-state index is 0.741. The number of nitrogens with zero attached hydrogens (tertiary/aromatic N) is 4. The number of rotatable bonds is 6. The van der Waals surface area contributed by atoms with Crippen molar-refractivity contribution < 1.29 is 0 Å². The van der Waals surface area contributed by atoms with Crippen LogP contribution in [0.25, 0.3) is 0 Å². The first kappa shape index (κ1) is 17.5. The van der Waals surface area contributed by atoms with Gasteiger partial charge in [0.05, 0.1) is 0 Å². The normalized spacial score (nSPS) is 10.3. The van der Waals surface area contributed by atoms with E-state index in [1.54, 1.807) is 6.33 Å². The highest BCUT2D eigenvalue weighted by molar-refractivity contribution is 5.65. The molecule has 0 bridgehead atoms. The molecule has 1 aromatic heterocycles. The molecule has 3 rings (SSSR count). The van der Waals surface area contributed by atoms with Gasteiger partial charge in [-0.2, -0.15) is 0 Å². The Morgan fingerprint density at radius 3 is 1.35 bits per heavy atom. The highest BCUT2D eigenvalue weighted by Crippen LogP contribution is 2.22. The van der Waals surface area contributed by atoms with Gasteiger partial charge in [-0.15, -0.1) is 0 Å². The lowest BCUT2D eigenvalue weighted by molar-refractivity contribution is 1.13.